The molecule has 110 valence electrons. The number of fused-ring (bicyclic) bond motifs is 1. The van der Waals surface area contributed by atoms with Crippen LogP contribution in [0.4, 0.5) is 5.69 Å². The predicted molar refractivity (Wildman–Crippen MR) is 90.8 cm³/mol. The highest BCUT2D eigenvalue weighted by Crippen LogP contribution is 2.38. The van der Waals surface area contributed by atoms with Gasteiger partial charge in [0.1, 0.15) is 0 Å². The zero-order chi connectivity index (χ0) is 14.7. The van der Waals surface area contributed by atoms with Crippen LogP contribution in [0.2, 0.25) is 0 Å². The average molecular weight is 279 g/mol. The van der Waals surface area contributed by atoms with Crippen molar-refractivity contribution in [1.29, 1.82) is 0 Å². The first-order valence-electron chi connectivity index (χ1n) is 8.22. The fourth-order valence-electron chi connectivity index (χ4n) is 3.67. The van der Waals surface area contributed by atoms with E-state index < -0.39 is 0 Å². The van der Waals surface area contributed by atoms with Crippen molar-refractivity contribution >= 4 is 5.69 Å². The number of aryl methyl sites for hydroxylation is 1. The summed E-state index contributed by atoms with van der Waals surface area (Å²) in [4.78, 5) is 2.66. The first kappa shape index (κ1) is 14.2. The topological polar surface area (TPSA) is 3.24 Å². The third-order valence-corrected chi connectivity index (χ3v) is 4.73. The molecular formula is C20H25N. The molecule has 0 amide bonds. The van der Waals surface area contributed by atoms with Crippen molar-refractivity contribution in [3.63, 3.8) is 0 Å². The highest BCUT2D eigenvalue weighted by Gasteiger charge is 2.29. The monoisotopic (exact) mass is 279 g/mol. The van der Waals surface area contributed by atoms with E-state index in [4.69, 9.17) is 0 Å². The van der Waals surface area contributed by atoms with Crippen molar-refractivity contribution in [3.8, 4) is 0 Å². The van der Waals surface area contributed by atoms with Crippen LogP contribution in [0.25, 0.3) is 0 Å². The molecule has 0 unspecified atom stereocenters. The van der Waals surface area contributed by atoms with Crippen LogP contribution >= 0.6 is 0 Å². The Morgan fingerprint density at radius 1 is 1.05 bits per heavy atom. The molecule has 1 heterocycles. The number of hydrogen-bond acceptors (Lipinski definition) is 1. The molecule has 1 aliphatic heterocycles. The van der Waals surface area contributed by atoms with E-state index in [-0.39, 0.29) is 0 Å². The van der Waals surface area contributed by atoms with Gasteiger partial charge in [-0.05, 0) is 43.4 Å². The molecular weight excluding hydrogens is 254 g/mol. The quantitative estimate of drug-likeness (QED) is 0.727. The summed E-state index contributed by atoms with van der Waals surface area (Å²) in [5, 5.41) is 0. The lowest BCUT2D eigenvalue weighted by atomic mass is 9.90. The van der Waals surface area contributed by atoms with Crippen molar-refractivity contribution in [2.45, 2.75) is 51.6 Å². The molecule has 0 N–H and O–H groups in total. The zero-order valence-corrected chi connectivity index (χ0v) is 13.1. The SMILES string of the molecule is CCC[C@@H]1CCc2ccccc2N1[C@H](C)c1ccccc1. The molecule has 0 bridgehead atoms. The smallest absolute Gasteiger partial charge is 0.0517 e. The van der Waals surface area contributed by atoms with Crippen LogP contribution in [0.3, 0.4) is 0 Å². The molecule has 3 rings (SSSR count). The van der Waals surface area contributed by atoms with Crippen LogP contribution in [0.1, 0.15) is 50.3 Å². The number of rotatable bonds is 4. The lowest BCUT2D eigenvalue weighted by Crippen LogP contribution is -2.41. The van der Waals surface area contributed by atoms with Gasteiger partial charge in [-0.15, -0.1) is 0 Å². The van der Waals surface area contributed by atoms with E-state index in [0.29, 0.717) is 12.1 Å². The zero-order valence-electron chi connectivity index (χ0n) is 13.1. The molecule has 0 aliphatic carbocycles. The first-order valence-corrected chi connectivity index (χ1v) is 8.22. The van der Waals surface area contributed by atoms with E-state index in [9.17, 15) is 0 Å². The van der Waals surface area contributed by atoms with Crippen LogP contribution < -0.4 is 4.90 Å². The van der Waals surface area contributed by atoms with E-state index in [1.807, 2.05) is 0 Å². The fraction of sp³-hybridized carbons (Fsp3) is 0.400. The molecule has 2 atom stereocenters. The summed E-state index contributed by atoms with van der Waals surface area (Å²) >= 11 is 0. The minimum Gasteiger partial charge on any atom is -0.362 e. The molecule has 1 nitrogen and oxygen atoms in total. The standard InChI is InChI=1S/C20H25N/c1-3-9-19-15-14-18-12-7-8-13-20(18)21(19)16(2)17-10-5-4-6-11-17/h4-8,10-13,16,19H,3,9,14-15H2,1-2H3/t16-,19-/m1/s1. The molecule has 2 aromatic rings. The molecule has 0 spiro atoms. The van der Waals surface area contributed by atoms with E-state index in [2.05, 4.69) is 73.3 Å². The summed E-state index contributed by atoms with van der Waals surface area (Å²) in [7, 11) is 0. The van der Waals surface area contributed by atoms with Gasteiger partial charge >= 0.3 is 0 Å². The van der Waals surface area contributed by atoms with Gasteiger partial charge in [-0.2, -0.15) is 0 Å². The maximum atomic E-state index is 2.66. The van der Waals surface area contributed by atoms with Gasteiger partial charge < -0.3 is 4.90 Å². The third kappa shape index (κ3) is 2.83. The largest absolute Gasteiger partial charge is 0.362 e. The summed E-state index contributed by atoms with van der Waals surface area (Å²) < 4.78 is 0. The van der Waals surface area contributed by atoms with Crippen molar-refractivity contribution in [3.05, 3.63) is 65.7 Å². The van der Waals surface area contributed by atoms with Crippen LogP contribution in [-0.4, -0.2) is 6.04 Å². The molecule has 0 radical (unpaired) electrons. The summed E-state index contributed by atoms with van der Waals surface area (Å²) in [6.07, 6.45) is 5.04. The molecule has 0 saturated heterocycles. The van der Waals surface area contributed by atoms with E-state index in [1.54, 1.807) is 0 Å². The highest BCUT2D eigenvalue weighted by molar-refractivity contribution is 5.58. The third-order valence-electron chi connectivity index (χ3n) is 4.73. The number of anilines is 1. The molecule has 2 aromatic carbocycles. The minimum absolute atomic E-state index is 0.434. The number of hydrogen-bond donors (Lipinski definition) is 0. The molecule has 0 saturated carbocycles. The first-order chi connectivity index (χ1) is 10.3. The van der Waals surface area contributed by atoms with Crippen molar-refractivity contribution < 1.29 is 0 Å². The number of nitrogens with zero attached hydrogens (tertiary/aromatic N) is 1. The van der Waals surface area contributed by atoms with Gasteiger partial charge in [0.2, 0.25) is 0 Å². The average Bonchev–Trinajstić information content (AvgIpc) is 2.55. The lowest BCUT2D eigenvalue weighted by Gasteiger charge is -2.43. The number of benzene rings is 2. The summed E-state index contributed by atoms with van der Waals surface area (Å²) in [6, 6.07) is 21.0. The Kier molecular flexibility index (Phi) is 4.28. The van der Waals surface area contributed by atoms with Crippen molar-refractivity contribution in [2.75, 3.05) is 4.90 Å². The van der Waals surface area contributed by atoms with Gasteiger partial charge in [-0.1, -0.05) is 61.9 Å². The van der Waals surface area contributed by atoms with Gasteiger partial charge in [0.05, 0.1) is 6.04 Å². The number of para-hydroxylation sites is 1. The Labute approximate surface area is 128 Å². The maximum Gasteiger partial charge on any atom is 0.0517 e. The Hall–Kier alpha value is -1.76. The van der Waals surface area contributed by atoms with Crippen LogP contribution in [0, 0.1) is 0 Å². The molecule has 0 fully saturated rings. The summed E-state index contributed by atoms with van der Waals surface area (Å²) in [6.45, 7) is 4.64. The summed E-state index contributed by atoms with van der Waals surface area (Å²) in [5.74, 6) is 0. The van der Waals surface area contributed by atoms with Crippen LogP contribution in [0.15, 0.2) is 54.6 Å². The highest BCUT2D eigenvalue weighted by atomic mass is 15.2. The van der Waals surface area contributed by atoms with Gasteiger partial charge in [0.15, 0.2) is 0 Å². The minimum atomic E-state index is 0.434. The second-order valence-corrected chi connectivity index (χ2v) is 6.10. The van der Waals surface area contributed by atoms with Crippen molar-refractivity contribution in [1.82, 2.24) is 0 Å². The van der Waals surface area contributed by atoms with Gasteiger partial charge in [-0.3, -0.25) is 0 Å². The second kappa shape index (κ2) is 6.34. The Balaban J connectivity index is 1.99. The Morgan fingerprint density at radius 2 is 1.76 bits per heavy atom. The Bertz CT molecular complexity index is 575. The van der Waals surface area contributed by atoms with Crippen molar-refractivity contribution in [2.24, 2.45) is 0 Å². The van der Waals surface area contributed by atoms with E-state index in [0.717, 1.165) is 0 Å². The van der Waals surface area contributed by atoms with Gasteiger partial charge in [0, 0.05) is 11.7 Å². The van der Waals surface area contributed by atoms with E-state index >= 15 is 0 Å². The molecule has 1 aliphatic rings. The Morgan fingerprint density at radius 3 is 2.52 bits per heavy atom. The molecule has 1 heteroatoms. The van der Waals surface area contributed by atoms with Crippen LogP contribution in [0.5, 0.6) is 0 Å². The second-order valence-electron chi connectivity index (χ2n) is 6.10. The summed E-state index contributed by atoms with van der Waals surface area (Å²) in [5.41, 5.74) is 4.36. The fourth-order valence-corrected chi connectivity index (χ4v) is 3.67. The lowest BCUT2D eigenvalue weighted by molar-refractivity contribution is 0.455. The normalized spacial score (nSPS) is 19.1. The van der Waals surface area contributed by atoms with Gasteiger partial charge in [0.25, 0.3) is 0 Å². The molecule has 0 aromatic heterocycles. The van der Waals surface area contributed by atoms with E-state index in [1.165, 1.54) is 42.5 Å². The predicted octanol–water partition coefficient (Wildman–Crippen LogP) is 5.37. The van der Waals surface area contributed by atoms with Gasteiger partial charge in [-0.25, -0.2) is 0 Å². The molecule has 21 heavy (non-hydrogen) atoms. The maximum absolute atomic E-state index is 2.66. The van der Waals surface area contributed by atoms with Crippen LogP contribution in [-0.2, 0) is 6.42 Å².